The van der Waals surface area contributed by atoms with Gasteiger partial charge in [-0.1, -0.05) is 37.3 Å². The second kappa shape index (κ2) is 7.70. The Labute approximate surface area is 149 Å². The van der Waals surface area contributed by atoms with Gasteiger partial charge in [-0.05, 0) is 42.2 Å². The number of amides is 1. The minimum absolute atomic E-state index is 0.156. The standard InChI is InChI=1S/C19H24N2O3S/c1-5-15-7-9-16(10-8-15)13-21(3)19(22)17-11-6-14(2)18(12-17)20-25(4,23)24/h6-12,20H,5,13H2,1-4H3. The monoisotopic (exact) mass is 360 g/mol. The van der Waals surface area contributed by atoms with Crippen molar-refractivity contribution in [2.45, 2.75) is 26.8 Å². The number of anilines is 1. The fourth-order valence-electron chi connectivity index (χ4n) is 2.51. The number of carbonyl (C=O) groups is 1. The summed E-state index contributed by atoms with van der Waals surface area (Å²) in [6.45, 7) is 4.39. The Balaban J connectivity index is 2.16. The maximum absolute atomic E-state index is 12.6. The predicted octanol–water partition coefficient (Wildman–Crippen LogP) is 3.20. The highest BCUT2D eigenvalue weighted by Crippen LogP contribution is 2.19. The summed E-state index contributed by atoms with van der Waals surface area (Å²) < 4.78 is 25.4. The summed E-state index contributed by atoms with van der Waals surface area (Å²) >= 11 is 0. The first kappa shape index (κ1) is 19.0. The number of sulfonamides is 1. The van der Waals surface area contributed by atoms with E-state index in [-0.39, 0.29) is 5.91 Å². The third kappa shape index (κ3) is 5.32. The van der Waals surface area contributed by atoms with Crippen molar-refractivity contribution in [3.8, 4) is 0 Å². The molecule has 5 nitrogen and oxygen atoms in total. The maximum Gasteiger partial charge on any atom is 0.253 e. The summed E-state index contributed by atoms with van der Waals surface area (Å²) in [6, 6.07) is 13.2. The van der Waals surface area contributed by atoms with E-state index >= 15 is 0 Å². The molecule has 0 heterocycles. The second-order valence-electron chi connectivity index (χ2n) is 6.24. The van der Waals surface area contributed by atoms with E-state index in [4.69, 9.17) is 0 Å². The summed E-state index contributed by atoms with van der Waals surface area (Å²) in [4.78, 5) is 14.3. The molecule has 0 atom stereocenters. The highest BCUT2D eigenvalue weighted by Gasteiger charge is 2.15. The lowest BCUT2D eigenvalue weighted by Crippen LogP contribution is -2.26. The number of benzene rings is 2. The molecule has 134 valence electrons. The van der Waals surface area contributed by atoms with Crippen molar-refractivity contribution in [3.05, 3.63) is 64.7 Å². The molecule has 2 rings (SSSR count). The predicted molar refractivity (Wildman–Crippen MR) is 101 cm³/mol. The van der Waals surface area contributed by atoms with Gasteiger partial charge in [-0.2, -0.15) is 0 Å². The van der Waals surface area contributed by atoms with E-state index in [9.17, 15) is 13.2 Å². The lowest BCUT2D eigenvalue weighted by molar-refractivity contribution is 0.0785. The number of hydrogen-bond donors (Lipinski definition) is 1. The number of nitrogens with zero attached hydrogens (tertiary/aromatic N) is 1. The van der Waals surface area contributed by atoms with Crippen LogP contribution in [-0.4, -0.2) is 32.5 Å². The first-order valence-corrected chi connectivity index (χ1v) is 10.0. The van der Waals surface area contributed by atoms with Crippen molar-refractivity contribution < 1.29 is 13.2 Å². The molecule has 25 heavy (non-hydrogen) atoms. The van der Waals surface area contributed by atoms with E-state index in [1.807, 2.05) is 12.1 Å². The molecule has 0 aliphatic heterocycles. The average Bonchev–Trinajstić information content (AvgIpc) is 2.55. The quantitative estimate of drug-likeness (QED) is 0.860. The van der Waals surface area contributed by atoms with Gasteiger partial charge in [0, 0.05) is 19.2 Å². The molecular formula is C19H24N2O3S. The number of aryl methyl sites for hydroxylation is 2. The fraction of sp³-hybridized carbons (Fsp3) is 0.316. The van der Waals surface area contributed by atoms with E-state index in [0.29, 0.717) is 17.8 Å². The molecule has 0 saturated heterocycles. The molecule has 2 aromatic carbocycles. The Bertz CT molecular complexity index is 859. The normalized spacial score (nSPS) is 11.2. The van der Waals surface area contributed by atoms with Crippen molar-refractivity contribution in [1.29, 1.82) is 0 Å². The third-order valence-electron chi connectivity index (χ3n) is 3.98. The minimum Gasteiger partial charge on any atom is -0.337 e. The summed E-state index contributed by atoms with van der Waals surface area (Å²) in [6.07, 6.45) is 2.07. The van der Waals surface area contributed by atoms with Gasteiger partial charge in [-0.25, -0.2) is 8.42 Å². The molecule has 1 amide bonds. The van der Waals surface area contributed by atoms with E-state index in [1.54, 1.807) is 37.1 Å². The van der Waals surface area contributed by atoms with Crippen molar-refractivity contribution in [1.82, 2.24) is 4.90 Å². The summed E-state index contributed by atoms with van der Waals surface area (Å²) in [5.41, 5.74) is 3.95. The van der Waals surface area contributed by atoms with Gasteiger partial charge < -0.3 is 4.90 Å². The molecule has 1 N–H and O–H groups in total. The van der Waals surface area contributed by atoms with Crippen LogP contribution in [0.2, 0.25) is 0 Å². The van der Waals surface area contributed by atoms with Crippen molar-refractivity contribution in [2.24, 2.45) is 0 Å². The molecular weight excluding hydrogens is 336 g/mol. The molecule has 0 bridgehead atoms. The van der Waals surface area contributed by atoms with Crippen molar-refractivity contribution >= 4 is 21.6 Å². The molecule has 2 aromatic rings. The molecule has 0 aliphatic rings. The molecule has 0 saturated carbocycles. The van der Waals surface area contributed by atoms with Gasteiger partial charge in [0.05, 0.1) is 11.9 Å². The molecule has 0 radical (unpaired) electrons. The van der Waals surface area contributed by atoms with Gasteiger partial charge >= 0.3 is 0 Å². The maximum atomic E-state index is 12.6. The highest BCUT2D eigenvalue weighted by atomic mass is 32.2. The van der Waals surface area contributed by atoms with Crippen LogP contribution in [0.25, 0.3) is 0 Å². The van der Waals surface area contributed by atoms with Crippen LogP contribution in [0, 0.1) is 6.92 Å². The van der Waals surface area contributed by atoms with Crippen LogP contribution in [0.5, 0.6) is 0 Å². The highest BCUT2D eigenvalue weighted by molar-refractivity contribution is 7.92. The smallest absolute Gasteiger partial charge is 0.253 e. The Hall–Kier alpha value is -2.34. The number of nitrogens with one attached hydrogen (secondary N) is 1. The summed E-state index contributed by atoms with van der Waals surface area (Å²) in [5, 5.41) is 0. The Morgan fingerprint density at radius 2 is 1.68 bits per heavy atom. The first-order chi connectivity index (χ1) is 11.7. The van der Waals surface area contributed by atoms with Gasteiger partial charge in [-0.15, -0.1) is 0 Å². The molecule has 0 aliphatic carbocycles. The topological polar surface area (TPSA) is 66.5 Å². The fourth-order valence-corrected chi connectivity index (χ4v) is 3.13. The Morgan fingerprint density at radius 1 is 1.08 bits per heavy atom. The van der Waals surface area contributed by atoms with Gasteiger partial charge in [0.15, 0.2) is 0 Å². The van der Waals surface area contributed by atoms with E-state index in [0.717, 1.165) is 23.8 Å². The second-order valence-corrected chi connectivity index (χ2v) is 7.98. The van der Waals surface area contributed by atoms with Crippen molar-refractivity contribution in [3.63, 3.8) is 0 Å². The van der Waals surface area contributed by atoms with Crippen LogP contribution in [0.4, 0.5) is 5.69 Å². The molecule has 6 heteroatoms. The molecule has 0 fully saturated rings. The van der Waals surface area contributed by atoms with Crippen LogP contribution in [0.1, 0.15) is 34.0 Å². The lowest BCUT2D eigenvalue weighted by atomic mass is 10.1. The molecule has 0 unspecified atom stereocenters. The van der Waals surface area contributed by atoms with E-state index in [1.165, 1.54) is 5.56 Å². The summed E-state index contributed by atoms with van der Waals surface area (Å²) in [5.74, 6) is -0.156. The molecule has 0 spiro atoms. The van der Waals surface area contributed by atoms with Gasteiger partial charge in [-0.3, -0.25) is 9.52 Å². The zero-order valence-corrected chi connectivity index (χ0v) is 15.9. The summed E-state index contributed by atoms with van der Waals surface area (Å²) in [7, 11) is -1.66. The first-order valence-electron chi connectivity index (χ1n) is 8.11. The van der Waals surface area contributed by atoms with Crippen LogP contribution in [0.3, 0.4) is 0 Å². The van der Waals surface area contributed by atoms with Crippen LogP contribution in [-0.2, 0) is 23.0 Å². The number of rotatable bonds is 6. The zero-order chi connectivity index (χ0) is 18.6. The minimum atomic E-state index is -3.39. The van der Waals surface area contributed by atoms with Gasteiger partial charge in [0.2, 0.25) is 10.0 Å². The lowest BCUT2D eigenvalue weighted by Gasteiger charge is -2.18. The van der Waals surface area contributed by atoms with Crippen molar-refractivity contribution in [2.75, 3.05) is 18.0 Å². The van der Waals surface area contributed by atoms with Gasteiger partial charge in [0.25, 0.3) is 5.91 Å². The Morgan fingerprint density at radius 3 is 2.24 bits per heavy atom. The number of carbonyl (C=O) groups excluding carboxylic acids is 1. The average molecular weight is 360 g/mol. The Kier molecular flexibility index (Phi) is 5.85. The largest absolute Gasteiger partial charge is 0.337 e. The van der Waals surface area contributed by atoms with E-state index in [2.05, 4.69) is 23.8 Å². The zero-order valence-electron chi connectivity index (χ0n) is 15.0. The SMILES string of the molecule is CCc1ccc(CN(C)C(=O)c2ccc(C)c(NS(C)(=O)=O)c2)cc1. The van der Waals surface area contributed by atoms with Crippen LogP contribution < -0.4 is 4.72 Å². The molecule has 0 aromatic heterocycles. The number of hydrogen-bond acceptors (Lipinski definition) is 3. The van der Waals surface area contributed by atoms with Crippen LogP contribution >= 0.6 is 0 Å². The third-order valence-corrected chi connectivity index (χ3v) is 4.57. The van der Waals surface area contributed by atoms with Gasteiger partial charge in [0.1, 0.15) is 0 Å². The van der Waals surface area contributed by atoms with Crippen LogP contribution in [0.15, 0.2) is 42.5 Å². The van der Waals surface area contributed by atoms with E-state index < -0.39 is 10.0 Å².